The molecule has 1 aliphatic carbocycles. The Morgan fingerprint density at radius 2 is 1.89 bits per heavy atom. The Morgan fingerprint density at radius 1 is 1.17 bits per heavy atom. The number of hydrogen-bond acceptors (Lipinski definition) is 3. The number of carbonyl (C=O) groups excluding carboxylic acids is 2. The van der Waals surface area contributed by atoms with E-state index in [1.165, 1.54) is 38.5 Å². The van der Waals surface area contributed by atoms with Gasteiger partial charge in [-0.3, -0.25) is 14.9 Å². The van der Waals surface area contributed by atoms with Gasteiger partial charge in [0.2, 0.25) is 11.8 Å². The molecule has 4 heteroatoms. The van der Waals surface area contributed by atoms with Gasteiger partial charge in [0.15, 0.2) is 0 Å². The fraction of sp³-hybridized carbons (Fsp3) is 0.857. The van der Waals surface area contributed by atoms with Gasteiger partial charge in [-0.1, -0.05) is 19.8 Å². The number of piperidine rings is 1. The van der Waals surface area contributed by atoms with E-state index in [0.29, 0.717) is 18.9 Å². The van der Waals surface area contributed by atoms with Crippen molar-refractivity contribution in [3.63, 3.8) is 0 Å². The molecule has 0 aromatic carbocycles. The van der Waals surface area contributed by atoms with Crippen LogP contribution in [0.1, 0.15) is 58.3 Å². The molecule has 0 bridgehead atoms. The first-order valence-electron chi connectivity index (χ1n) is 7.28. The third kappa shape index (κ3) is 3.55. The summed E-state index contributed by atoms with van der Waals surface area (Å²) in [5.41, 5.74) is 0. The van der Waals surface area contributed by atoms with Crippen LogP contribution in [0.3, 0.4) is 0 Å². The molecule has 2 aliphatic rings. The van der Waals surface area contributed by atoms with Crippen LogP contribution in [0.15, 0.2) is 0 Å². The summed E-state index contributed by atoms with van der Waals surface area (Å²) in [6, 6.07) is 0.303. The number of amides is 2. The molecule has 1 saturated carbocycles. The van der Waals surface area contributed by atoms with Crippen molar-refractivity contribution in [3.05, 3.63) is 0 Å². The third-order valence-corrected chi connectivity index (χ3v) is 4.22. The van der Waals surface area contributed by atoms with Crippen LogP contribution in [0.5, 0.6) is 0 Å². The molecule has 2 N–H and O–H groups in total. The summed E-state index contributed by atoms with van der Waals surface area (Å²) in [4.78, 5) is 22.7. The Balaban J connectivity index is 1.74. The maximum Gasteiger partial charge on any atom is 0.243 e. The zero-order valence-corrected chi connectivity index (χ0v) is 11.2. The summed E-state index contributed by atoms with van der Waals surface area (Å²) < 4.78 is 0. The summed E-state index contributed by atoms with van der Waals surface area (Å²) in [7, 11) is 0. The van der Waals surface area contributed by atoms with Gasteiger partial charge >= 0.3 is 0 Å². The van der Waals surface area contributed by atoms with Gasteiger partial charge in [0.1, 0.15) is 0 Å². The van der Waals surface area contributed by atoms with Crippen molar-refractivity contribution >= 4 is 11.8 Å². The first-order valence-corrected chi connectivity index (χ1v) is 7.28. The molecule has 1 saturated heterocycles. The van der Waals surface area contributed by atoms with E-state index in [1.54, 1.807) is 0 Å². The molecule has 18 heavy (non-hydrogen) atoms. The minimum absolute atomic E-state index is 0.135. The lowest BCUT2D eigenvalue weighted by Crippen LogP contribution is -2.53. The fourth-order valence-electron chi connectivity index (χ4n) is 3.16. The van der Waals surface area contributed by atoms with Crippen molar-refractivity contribution in [1.82, 2.24) is 10.6 Å². The number of hydrogen-bond donors (Lipinski definition) is 2. The molecular weight excluding hydrogens is 228 g/mol. The number of nitrogens with one attached hydrogen (secondary N) is 2. The average Bonchev–Trinajstić information content (AvgIpc) is 2.35. The summed E-state index contributed by atoms with van der Waals surface area (Å²) in [6.07, 6.45) is 8.62. The Kier molecular flexibility index (Phi) is 4.75. The monoisotopic (exact) mass is 252 g/mol. The van der Waals surface area contributed by atoms with Gasteiger partial charge in [-0.25, -0.2) is 0 Å². The Labute approximate surface area is 109 Å². The van der Waals surface area contributed by atoms with E-state index in [-0.39, 0.29) is 17.9 Å². The predicted octanol–water partition coefficient (Wildman–Crippen LogP) is 1.74. The lowest BCUT2D eigenvalue weighted by Gasteiger charge is -2.32. The predicted molar refractivity (Wildman–Crippen MR) is 70.0 cm³/mol. The number of rotatable bonds is 4. The highest BCUT2D eigenvalue weighted by Crippen LogP contribution is 2.28. The third-order valence-electron chi connectivity index (χ3n) is 4.22. The smallest absolute Gasteiger partial charge is 0.243 e. The normalized spacial score (nSPS) is 33.3. The molecule has 4 nitrogen and oxygen atoms in total. The highest BCUT2D eigenvalue weighted by molar-refractivity contribution is 6.00. The molecule has 102 valence electrons. The Morgan fingerprint density at radius 3 is 2.50 bits per heavy atom. The average molecular weight is 252 g/mol. The van der Waals surface area contributed by atoms with Crippen molar-refractivity contribution in [1.29, 1.82) is 0 Å². The van der Waals surface area contributed by atoms with Gasteiger partial charge in [-0.15, -0.1) is 0 Å². The zero-order chi connectivity index (χ0) is 13.0. The van der Waals surface area contributed by atoms with E-state index in [4.69, 9.17) is 0 Å². The van der Waals surface area contributed by atoms with Gasteiger partial charge < -0.3 is 5.32 Å². The van der Waals surface area contributed by atoms with Crippen molar-refractivity contribution < 1.29 is 9.59 Å². The molecule has 2 rings (SSSR count). The zero-order valence-electron chi connectivity index (χ0n) is 11.2. The lowest BCUT2D eigenvalue weighted by molar-refractivity contribution is -0.134. The molecular formula is C14H24N2O2. The maximum atomic E-state index is 11.7. The van der Waals surface area contributed by atoms with Crippen LogP contribution in [0.25, 0.3) is 0 Å². The fourth-order valence-corrected chi connectivity index (χ4v) is 3.16. The van der Waals surface area contributed by atoms with E-state index in [9.17, 15) is 9.59 Å². The second-order valence-electron chi connectivity index (χ2n) is 5.68. The minimum atomic E-state index is -0.157. The quantitative estimate of drug-likeness (QED) is 0.749. The molecule has 0 radical (unpaired) electrons. The first-order chi connectivity index (χ1) is 8.69. The summed E-state index contributed by atoms with van der Waals surface area (Å²) in [5, 5.41) is 5.83. The molecule has 2 amide bonds. The van der Waals surface area contributed by atoms with E-state index >= 15 is 0 Å². The van der Waals surface area contributed by atoms with Crippen LogP contribution in [0.2, 0.25) is 0 Å². The highest BCUT2D eigenvalue weighted by atomic mass is 16.2. The van der Waals surface area contributed by atoms with Crippen LogP contribution < -0.4 is 10.6 Å². The van der Waals surface area contributed by atoms with Crippen molar-refractivity contribution in [3.8, 4) is 0 Å². The van der Waals surface area contributed by atoms with E-state index in [2.05, 4.69) is 17.6 Å². The standard InChI is InChI=1S/C14H24N2O2/c1-2-3-10-4-6-11(7-5-10)15-12-8-9-13(17)16-14(12)18/h10-12,15H,2-9H2,1H3,(H,16,17,18). The van der Waals surface area contributed by atoms with Crippen LogP contribution in [-0.2, 0) is 9.59 Å². The SMILES string of the molecule is CCCC1CCC(NC2CCC(=O)NC2=O)CC1. The molecule has 0 aromatic heterocycles. The second kappa shape index (κ2) is 6.32. The summed E-state index contributed by atoms with van der Waals surface area (Å²) >= 11 is 0. The van der Waals surface area contributed by atoms with Crippen molar-refractivity contribution in [2.75, 3.05) is 0 Å². The van der Waals surface area contributed by atoms with Crippen LogP contribution in [-0.4, -0.2) is 23.9 Å². The molecule has 0 spiro atoms. The lowest BCUT2D eigenvalue weighted by atomic mass is 9.83. The number of imide groups is 1. The van der Waals surface area contributed by atoms with E-state index in [1.807, 2.05) is 0 Å². The van der Waals surface area contributed by atoms with Gasteiger partial charge in [-0.05, 0) is 38.0 Å². The topological polar surface area (TPSA) is 58.2 Å². The summed E-state index contributed by atoms with van der Waals surface area (Å²) in [6.45, 7) is 2.24. The molecule has 1 heterocycles. The van der Waals surface area contributed by atoms with Crippen LogP contribution >= 0.6 is 0 Å². The second-order valence-corrected chi connectivity index (χ2v) is 5.68. The Hall–Kier alpha value is -0.900. The molecule has 1 unspecified atom stereocenters. The van der Waals surface area contributed by atoms with Crippen LogP contribution in [0.4, 0.5) is 0 Å². The van der Waals surface area contributed by atoms with Crippen molar-refractivity contribution in [2.24, 2.45) is 5.92 Å². The van der Waals surface area contributed by atoms with E-state index in [0.717, 1.165) is 5.92 Å². The molecule has 1 atom stereocenters. The van der Waals surface area contributed by atoms with Gasteiger partial charge in [0, 0.05) is 12.5 Å². The first kappa shape index (κ1) is 13.5. The number of carbonyl (C=O) groups is 2. The largest absolute Gasteiger partial charge is 0.303 e. The molecule has 0 aromatic rings. The van der Waals surface area contributed by atoms with Crippen LogP contribution in [0, 0.1) is 5.92 Å². The molecule has 2 fully saturated rings. The minimum Gasteiger partial charge on any atom is -0.303 e. The van der Waals surface area contributed by atoms with Crippen molar-refractivity contribution in [2.45, 2.75) is 70.4 Å². The highest BCUT2D eigenvalue weighted by Gasteiger charge is 2.29. The summed E-state index contributed by atoms with van der Waals surface area (Å²) in [5.74, 6) is 0.612. The van der Waals surface area contributed by atoms with Gasteiger partial charge in [0.25, 0.3) is 0 Å². The Bertz CT molecular complexity index is 309. The maximum absolute atomic E-state index is 11.7. The molecule has 1 aliphatic heterocycles. The van der Waals surface area contributed by atoms with Gasteiger partial charge in [-0.2, -0.15) is 0 Å². The van der Waals surface area contributed by atoms with Gasteiger partial charge in [0.05, 0.1) is 6.04 Å². The van der Waals surface area contributed by atoms with E-state index < -0.39 is 0 Å².